The smallest absolute Gasteiger partial charge is 0.0713 e. The molecule has 0 atom stereocenters. The van der Waals surface area contributed by atoms with Crippen LogP contribution >= 0.6 is 11.3 Å². The molecule has 1 aliphatic carbocycles. The van der Waals surface area contributed by atoms with Gasteiger partial charge in [0.05, 0.1) is 15.8 Å². The van der Waals surface area contributed by atoms with Gasteiger partial charge in [-0.15, -0.1) is 11.3 Å². The summed E-state index contributed by atoms with van der Waals surface area (Å²) in [5.74, 6) is 0. The van der Waals surface area contributed by atoms with E-state index in [4.69, 9.17) is 0 Å². The highest BCUT2D eigenvalue weighted by Gasteiger charge is 2.46. The lowest BCUT2D eigenvalue weighted by atomic mass is 9.67. The molecule has 1 aliphatic rings. The van der Waals surface area contributed by atoms with E-state index in [-0.39, 0.29) is 0 Å². The third kappa shape index (κ3) is 6.14. The van der Waals surface area contributed by atoms with Crippen LogP contribution in [0.2, 0.25) is 0 Å². The molecule has 296 valence electrons. The van der Waals surface area contributed by atoms with Crippen molar-refractivity contribution in [1.82, 2.24) is 0 Å². The molecular weight excluding hydrogens is 779 g/mol. The molecule has 2 heteroatoms. The second kappa shape index (κ2) is 15.3. The summed E-state index contributed by atoms with van der Waals surface area (Å²) in [5.41, 5.74) is 17.8. The van der Waals surface area contributed by atoms with Crippen molar-refractivity contribution >= 4 is 48.6 Å². The summed E-state index contributed by atoms with van der Waals surface area (Å²) in [6, 6.07) is 91.6. The number of hydrogen-bond acceptors (Lipinski definition) is 2. The quantitative estimate of drug-likeness (QED) is 0.148. The minimum absolute atomic E-state index is 0.487. The molecule has 0 spiro atoms. The number of fused-ring (bicyclic) bond motifs is 6. The highest BCUT2D eigenvalue weighted by molar-refractivity contribution is 7.26. The number of hydrogen-bond donors (Lipinski definition) is 0. The van der Waals surface area contributed by atoms with Crippen molar-refractivity contribution in [2.24, 2.45) is 0 Å². The molecule has 0 fully saturated rings. The number of rotatable bonds is 8. The van der Waals surface area contributed by atoms with Gasteiger partial charge < -0.3 is 4.90 Å². The van der Waals surface area contributed by atoms with Crippen molar-refractivity contribution in [3.05, 3.63) is 271 Å². The van der Waals surface area contributed by atoms with Gasteiger partial charge in [-0.3, -0.25) is 0 Å². The molecule has 12 rings (SSSR count). The van der Waals surface area contributed by atoms with Crippen molar-refractivity contribution in [1.29, 1.82) is 0 Å². The van der Waals surface area contributed by atoms with Crippen LogP contribution in [0.4, 0.5) is 17.1 Å². The van der Waals surface area contributed by atoms with Gasteiger partial charge in [-0.05, 0) is 115 Å². The molecule has 11 aromatic rings. The molecule has 0 N–H and O–H groups in total. The Kier molecular flexibility index (Phi) is 8.98. The Labute approximate surface area is 372 Å². The van der Waals surface area contributed by atoms with E-state index in [1.54, 1.807) is 0 Å². The third-order valence-corrected chi connectivity index (χ3v) is 14.2. The Morgan fingerprint density at radius 1 is 0.317 bits per heavy atom. The monoisotopic (exact) mass is 819 g/mol. The van der Waals surface area contributed by atoms with Gasteiger partial charge in [-0.2, -0.15) is 0 Å². The summed E-state index contributed by atoms with van der Waals surface area (Å²) < 4.78 is 2.54. The second-order valence-electron chi connectivity index (χ2n) is 16.4. The van der Waals surface area contributed by atoms with Crippen LogP contribution in [0.25, 0.3) is 64.7 Å². The molecule has 0 saturated heterocycles. The molecule has 1 heterocycles. The molecule has 1 nitrogen and oxygen atoms in total. The van der Waals surface area contributed by atoms with Gasteiger partial charge in [-0.25, -0.2) is 0 Å². The maximum Gasteiger partial charge on any atom is 0.0713 e. The van der Waals surface area contributed by atoms with Crippen LogP contribution < -0.4 is 4.90 Å². The molecule has 0 amide bonds. The minimum atomic E-state index is -0.487. The number of thiophene rings is 1. The van der Waals surface area contributed by atoms with E-state index in [2.05, 4.69) is 254 Å². The SMILES string of the molecule is c1ccc(-c2ccc(N(c3ccc(-c4ccccc4)cc3)c3cc(-c4ccc5c(c4)C(c4ccccc4)(c4ccccc4)c4ccccc4-5)cc4c3sc3ccccc34)cc2)cc1. The number of anilines is 3. The molecule has 10 aromatic carbocycles. The van der Waals surface area contributed by atoms with Crippen LogP contribution in [-0.4, -0.2) is 0 Å². The fourth-order valence-corrected chi connectivity index (χ4v) is 11.2. The first kappa shape index (κ1) is 37.0. The van der Waals surface area contributed by atoms with Gasteiger partial charge in [0.2, 0.25) is 0 Å². The first-order valence-electron chi connectivity index (χ1n) is 21.7. The predicted octanol–water partition coefficient (Wildman–Crippen LogP) is 16.9. The summed E-state index contributed by atoms with van der Waals surface area (Å²) in [5, 5.41) is 2.53. The van der Waals surface area contributed by atoms with Crippen LogP contribution in [0.5, 0.6) is 0 Å². The first-order chi connectivity index (χ1) is 31.2. The summed E-state index contributed by atoms with van der Waals surface area (Å²) in [6.07, 6.45) is 0. The van der Waals surface area contributed by atoms with Gasteiger partial charge in [0, 0.05) is 26.8 Å². The first-order valence-corrected chi connectivity index (χ1v) is 22.5. The topological polar surface area (TPSA) is 3.24 Å². The second-order valence-corrected chi connectivity index (χ2v) is 17.5. The van der Waals surface area contributed by atoms with Crippen LogP contribution in [0, 0.1) is 0 Å². The normalized spacial score (nSPS) is 12.6. The maximum atomic E-state index is 2.49. The average Bonchev–Trinajstić information content (AvgIpc) is 3.89. The standard InChI is InChI=1S/C61H41NS/c1-5-17-42(18-6-1)44-29-34-50(35-30-44)62(51-36-31-45(32-37-51)43-19-7-2-8-20-43)58-41-47(39-55-54-26-14-16-28-59(54)63-60(55)58)46-33-38-53-52-25-13-15-27-56(52)61(57(53)40-46,48-21-9-3-10-22-48)49-23-11-4-12-24-49/h1-41H. The van der Waals surface area contributed by atoms with E-state index in [9.17, 15) is 0 Å². The van der Waals surface area contributed by atoms with E-state index in [0.29, 0.717) is 0 Å². The zero-order valence-electron chi connectivity index (χ0n) is 34.5. The molecule has 0 unspecified atom stereocenters. The van der Waals surface area contributed by atoms with Gasteiger partial charge in [0.25, 0.3) is 0 Å². The Morgan fingerprint density at radius 3 is 1.40 bits per heavy atom. The zero-order chi connectivity index (χ0) is 41.7. The van der Waals surface area contributed by atoms with Crippen LogP contribution in [-0.2, 0) is 5.41 Å². The lowest BCUT2D eigenvalue weighted by Gasteiger charge is -2.34. The van der Waals surface area contributed by atoms with E-state index < -0.39 is 5.41 Å². The van der Waals surface area contributed by atoms with Crippen molar-refractivity contribution in [3.8, 4) is 44.5 Å². The predicted molar refractivity (Wildman–Crippen MR) is 268 cm³/mol. The van der Waals surface area contributed by atoms with Crippen LogP contribution in [0.15, 0.2) is 249 Å². The minimum Gasteiger partial charge on any atom is -0.309 e. The van der Waals surface area contributed by atoms with Crippen molar-refractivity contribution in [2.75, 3.05) is 4.90 Å². The van der Waals surface area contributed by atoms with Gasteiger partial charge in [-0.1, -0.05) is 200 Å². The molecule has 1 aromatic heterocycles. The fourth-order valence-electron chi connectivity index (χ4n) is 10.1. The Morgan fingerprint density at radius 2 is 0.794 bits per heavy atom. The van der Waals surface area contributed by atoms with Crippen molar-refractivity contribution < 1.29 is 0 Å². The Bertz CT molecular complexity index is 3290. The van der Waals surface area contributed by atoms with Gasteiger partial charge in [0.15, 0.2) is 0 Å². The van der Waals surface area contributed by atoms with Crippen LogP contribution in [0.3, 0.4) is 0 Å². The Hall–Kier alpha value is -7.78. The lowest BCUT2D eigenvalue weighted by Crippen LogP contribution is -2.28. The largest absolute Gasteiger partial charge is 0.309 e. The maximum absolute atomic E-state index is 2.49. The Balaban J connectivity index is 1.10. The van der Waals surface area contributed by atoms with Gasteiger partial charge in [0.1, 0.15) is 0 Å². The van der Waals surface area contributed by atoms with E-state index in [0.717, 1.165) is 17.1 Å². The average molecular weight is 820 g/mol. The fraction of sp³-hybridized carbons (Fsp3) is 0.0164. The number of benzene rings is 10. The van der Waals surface area contributed by atoms with Crippen molar-refractivity contribution in [2.45, 2.75) is 5.41 Å². The van der Waals surface area contributed by atoms with E-state index in [1.165, 1.54) is 86.9 Å². The van der Waals surface area contributed by atoms with E-state index >= 15 is 0 Å². The summed E-state index contributed by atoms with van der Waals surface area (Å²) in [4.78, 5) is 2.46. The molecule has 0 aliphatic heterocycles. The zero-order valence-corrected chi connectivity index (χ0v) is 35.3. The molecule has 63 heavy (non-hydrogen) atoms. The van der Waals surface area contributed by atoms with Gasteiger partial charge >= 0.3 is 0 Å². The van der Waals surface area contributed by atoms with E-state index in [1.807, 2.05) is 11.3 Å². The van der Waals surface area contributed by atoms with Crippen LogP contribution in [0.1, 0.15) is 22.3 Å². The molecule has 0 radical (unpaired) electrons. The highest BCUT2D eigenvalue weighted by atomic mass is 32.1. The molecule has 0 saturated carbocycles. The highest BCUT2D eigenvalue weighted by Crippen LogP contribution is 2.57. The summed E-state index contributed by atoms with van der Waals surface area (Å²) >= 11 is 1.87. The third-order valence-electron chi connectivity index (χ3n) is 13.0. The lowest BCUT2D eigenvalue weighted by molar-refractivity contribution is 0.769. The molecular formula is C61H41NS. The molecule has 0 bridgehead atoms. The number of nitrogens with zero attached hydrogens (tertiary/aromatic N) is 1. The summed E-state index contributed by atoms with van der Waals surface area (Å²) in [6.45, 7) is 0. The summed E-state index contributed by atoms with van der Waals surface area (Å²) in [7, 11) is 0. The van der Waals surface area contributed by atoms with Crippen molar-refractivity contribution in [3.63, 3.8) is 0 Å².